The van der Waals surface area contributed by atoms with Crippen molar-refractivity contribution in [1.29, 1.82) is 0 Å². The Bertz CT molecular complexity index is 665. The molecule has 0 unspecified atom stereocenters. The molecule has 1 aromatic heterocycles. The van der Waals surface area contributed by atoms with Gasteiger partial charge in [-0.1, -0.05) is 31.8 Å². The lowest BCUT2D eigenvalue weighted by atomic mass is 10.1. The monoisotopic (exact) mass is 399 g/mol. The minimum atomic E-state index is -3.38. The Labute approximate surface area is 163 Å². The first-order valence-corrected chi connectivity index (χ1v) is 11.4. The number of hydrogen-bond acceptors (Lipinski definition) is 5. The zero-order valence-corrected chi connectivity index (χ0v) is 17.5. The first kappa shape index (κ1) is 21.7. The van der Waals surface area contributed by atoms with Crippen LogP contribution in [-0.2, 0) is 15.8 Å². The van der Waals surface area contributed by atoms with Gasteiger partial charge in [0.05, 0.1) is 5.69 Å². The summed E-state index contributed by atoms with van der Waals surface area (Å²) in [5, 5.41) is 7.03. The molecule has 0 aromatic carbocycles. The second-order valence-corrected chi connectivity index (χ2v) is 9.23. The summed E-state index contributed by atoms with van der Waals surface area (Å²) >= 11 is 0. The Morgan fingerprint density at radius 2 is 2.04 bits per heavy atom. The third kappa shape index (κ3) is 7.14. The average Bonchev–Trinajstić information content (AvgIpc) is 3.12. The molecule has 0 saturated carbocycles. The Morgan fingerprint density at radius 1 is 1.30 bits per heavy atom. The van der Waals surface area contributed by atoms with Gasteiger partial charge in [-0.05, 0) is 19.3 Å². The molecule has 1 aliphatic rings. The van der Waals surface area contributed by atoms with E-state index in [1.165, 1.54) is 23.4 Å². The molecule has 0 spiro atoms. The molecule has 2 heterocycles. The van der Waals surface area contributed by atoms with E-state index in [0.29, 0.717) is 31.9 Å². The average molecular weight is 400 g/mol. The van der Waals surface area contributed by atoms with Crippen molar-refractivity contribution in [1.82, 2.24) is 19.7 Å². The van der Waals surface area contributed by atoms with E-state index in [9.17, 15) is 8.42 Å². The minimum absolute atomic E-state index is 0.118. The SMILES string of the molecule is CCNC(=NCCCCC(C)C)N1CCN(S(=O)(=O)Cc2ccon2)CC1. The molecule has 9 heteroatoms. The number of nitrogens with zero attached hydrogens (tertiary/aromatic N) is 4. The Balaban J connectivity index is 1.85. The van der Waals surface area contributed by atoms with Crippen LogP contribution in [0.25, 0.3) is 0 Å². The van der Waals surface area contributed by atoms with Gasteiger partial charge in [-0.2, -0.15) is 4.31 Å². The fourth-order valence-electron chi connectivity index (χ4n) is 3.04. The number of aromatic nitrogens is 1. The van der Waals surface area contributed by atoms with Crippen LogP contribution in [0.1, 0.15) is 45.7 Å². The van der Waals surface area contributed by atoms with Crippen LogP contribution < -0.4 is 5.32 Å². The van der Waals surface area contributed by atoms with Gasteiger partial charge in [0.15, 0.2) is 5.96 Å². The maximum Gasteiger partial charge on any atom is 0.220 e. The molecule has 0 amide bonds. The van der Waals surface area contributed by atoms with Gasteiger partial charge in [0.25, 0.3) is 0 Å². The summed E-state index contributed by atoms with van der Waals surface area (Å²) in [4.78, 5) is 6.87. The summed E-state index contributed by atoms with van der Waals surface area (Å²) in [5.41, 5.74) is 0.439. The third-order valence-corrected chi connectivity index (χ3v) is 6.35. The van der Waals surface area contributed by atoms with Crippen molar-refractivity contribution < 1.29 is 12.9 Å². The van der Waals surface area contributed by atoms with Gasteiger partial charge in [0.2, 0.25) is 10.0 Å². The summed E-state index contributed by atoms with van der Waals surface area (Å²) in [6.07, 6.45) is 4.89. The minimum Gasteiger partial charge on any atom is -0.364 e. The quantitative estimate of drug-likeness (QED) is 0.387. The molecule has 8 nitrogen and oxygen atoms in total. The van der Waals surface area contributed by atoms with Crippen LogP contribution in [-0.4, -0.2) is 68.0 Å². The molecule has 0 radical (unpaired) electrons. The summed E-state index contributed by atoms with van der Waals surface area (Å²) in [5.74, 6) is 1.50. The number of guanidine groups is 1. The first-order chi connectivity index (χ1) is 12.9. The predicted molar refractivity (Wildman–Crippen MR) is 107 cm³/mol. The van der Waals surface area contributed by atoms with Crippen LogP contribution in [0.3, 0.4) is 0 Å². The van der Waals surface area contributed by atoms with Crippen molar-refractivity contribution in [3.63, 3.8) is 0 Å². The number of hydrogen-bond donors (Lipinski definition) is 1. The molecule has 27 heavy (non-hydrogen) atoms. The highest BCUT2D eigenvalue weighted by molar-refractivity contribution is 7.88. The molecular weight excluding hydrogens is 366 g/mol. The number of nitrogens with one attached hydrogen (secondary N) is 1. The fraction of sp³-hybridized carbons (Fsp3) is 0.778. The smallest absolute Gasteiger partial charge is 0.220 e. The van der Waals surface area contributed by atoms with Gasteiger partial charge >= 0.3 is 0 Å². The summed E-state index contributed by atoms with van der Waals surface area (Å²) in [6, 6.07) is 1.59. The molecular formula is C18H33N5O3S. The van der Waals surface area contributed by atoms with Crippen LogP contribution in [0.2, 0.25) is 0 Å². The lowest BCUT2D eigenvalue weighted by Crippen LogP contribution is -2.53. The van der Waals surface area contributed by atoms with Crippen molar-refractivity contribution in [3.05, 3.63) is 18.0 Å². The molecule has 154 valence electrons. The topological polar surface area (TPSA) is 91.0 Å². The molecule has 0 aliphatic carbocycles. The van der Waals surface area contributed by atoms with Crippen LogP contribution in [0, 0.1) is 5.92 Å². The van der Waals surface area contributed by atoms with Crippen molar-refractivity contribution in [2.45, 2.75) is 45.8 Å². The lowest BCUT2D eigenvalue weighted by Gasteiger charge is -2.35. The van der Waals surface area contributed by atoms with Gasteiger partial charge in [0, 0.05) is 45.3 Å². The van der Waals surface area contributed by atoms with E-state index in [2.05, 4.69) is 29.2 Å². The highest BCUT2D eigenvalue weighted by Gasteiger charge is 2.28. The Kier molecular flexibility index (Phi) is 8.56. The van der Waals surface area contributed by atoms with E-state index < -0.39 is 10.0 Å². The molecule has 0 atom stereocenters. The standard InChI is InChI=1S/C18H33N5O3S/c1-4-19-18(20-9-6-5-7-16(2)3)22-10-12-23(13-11-22)27(24,25)15-17-8-14-26-21-17/h8,14,16H,4-7,9-13,15H2,1-3H3,(H,19,20). The highest BCUT2D eigenvalue weighted by atomic mass is 32.2. The van der Waals surface area contributed by atoms with Crippen molar-refractivity contribution in [2.24, 2.45) is 10.9 Å². The second kappa shape index (κ2) is 10.7. The van der Waals surface area contributed by atoms with Gasteiger partial charge in [-0.15, -0.1) is 0 Å². The van der Waals surface area contributed by atoms with E-state index >= 15 is 0 Å². The Hall–Kier alpha value is -1.61. The number of aliphatic imine (C=N–C) groups is 1. The van der Waals surface area contributed by atoms with E-state index in [1.807, 2.05) is 6.92 Å². The number of rotatable bonds is 9. The third-order valence-electron chi connectivity index (χ3n) is 4.54. The maximum absolute atomic E-state index is 12.5. The van der Waals surface area contributed by atoms with Crippen LogP contribution in [0.5, 0.6) is 0 Å². The van der Waals surface area contributed by atoms with E-state index in [1.54, 1.807) is 6.07 Å². The van der Waals surface area contributed by atoms with Crippen LogP contribution >= 0.6 is 0 Å². The van der Waals surface area contributed by atoms with Crippen molar-refractivity contribution >= 4 is 16.0 Å². The number of sulfonamides is 1. The molecule has 1 N–H and O–H groups in total. The summed E-state index contributed by atoms with van der Waals surface area (Å²) < 4.78 is 31.3. The zero-order chi connectivity index (χ0) is 19.7. The fourth-order valence-corrected chi connectivity index (χ4v) is 4.47. The molecule has 2 rings (SSSR count). The predicted octanol–water partition coefficient (Wildman–Crippen LogP) is 1.91. The van der Waals surface area contributed by atoms with Gasteiger partial charge in [-0.25, -0.2) is 8.42 Å². The number of unbranched alkanes of at least 4 members (excludes halogenated alkanes) is 1. The lowest BCUT2D eigenvalue weighted by molar-refractivity contribution is 0.259. The van der Waals surface area contributed by atoms with Gasteiger partial charge in [-0.3, -0.25) is 4.99 Å². The molecule has 1 fully saturated rings. The van der Waals surface area contributed by atoms with Crippen molar-refractivity contribution in [3.8, 4) is 0 Å². The van der Waals surface area contributed by atoms with Gasteiger partial charge in [0.1, 0.15) is 12.0 Å². The summed E-state index contributed by atoms with van der Waals surface area (Å²) in [7, 11) is -3.38. The normalized spacial score (nSPS) is 16.9. The largest absolute Gasteiger partial charge is 0.364 e. The first-order valence-electron chi connectivity index (χ1n) is 9.82. The highest BCUT2D eigenvalue weighted by Crippen LogP contribution is 2.13. The maximum atomic E-state index is 12.5. The van der Waals surface area contributed by atoms with Gasteiger partial charge < -0.3 is 14.7 Å². The van der Waals surface area contributed by atoms with E-state index in [-0.39, 0.29) is 5.75 Å². The van der Waals surface area contributed by atoms with Crippen molar-refractivity contribution in [2.75, 3.05) is 39.3 Å². The van der Waals surface area contributed by atoms with E-state index in [0.717, 1.165) is 31.4 Å². The summed E-state index contributed by atoms with van der Waals surface area (Å²) in [6.45, 7) is 10.3. The number of piperazine rings is 1. The molecule has 1 aliphatic heterocycles. The molecule has 0 bridgehead atoms. The van der Waals surface area contributed by atoms with E-state index in [4.69, 9.17) is 9.52 Å². The van der Waals surface area contributed by atoms with Crippen LogP contribution in [0.15, 0.2) is 21.8 Å². The molecule has 1 saturated heterocycles. The zero-order valence-electron chi connectivity index (χ0n) is 16.7. The Morgan fingerprint density at radius 3 is 2.63 bits per heavy atom. The molecule has 1 aromatic rings. The van der Waals surface area contributed by atoms with Crippen LogP contribution in [0.4, 0.5) is 0 Å². The second-order valence-electron chi connectivity index (χ2n) is 7.26.